The van der Waals surface area contributed by atoms with Crippen molar-refractivity contribution in [2.75, 3.05) is 26.3 Å². The summed E-state index contributed by atoms with van der Waals surface area (Å²) in [6.45, 7) is 1.28. The van der Waals surface area contributed by atoms with Crippen LogP contribution in [0.25, 0.3) is 5.69 Å². The molecular weight excluding hydrogens is 300 g/mol. The second kappa shape index (κ2) is 5.64. The molecule has 0 N–H and O–H groups in total. The van der Waals surface area contributed by atoms with Gasteiger partial charge in [-0.2, -0.15) is 4.68 Å². The first-order valence-corrected chi connectivity index (χ1v) is 6.46. The molecule has 0 bridgehead atoms. The van der Waals surface area contributed by atoms with Crippen LogP contribution in [0.3, 0.4) is 0 Å². The molecule has 0 radical (unpaired) electrons. The van der Waals surface area contributed by atoms with Crippen LogP contribution in [0.15, 0.2) is 23.0 Å². The third kappa shape index (κ3) is 2.37. The van der Waals surface area contributed by atoms with E-state index in [0.717, 1.165) is 18.2 Å². The summed E-state index contributed by atoms with van der Waals surface area (Å²) in [5.41, 5.74) is -1.71. The predicted molar refractivity (Wildman–Crippen MR) is 68.7 cm³/mol. The second-order valence-electron chi connectivity index (χ2n) is 4.54. The number of tetrazole rings is 1. The number of nitrogens with zero attached hydrogens (tertiary/aromatic N) is 5. The normalized spacial score (nSPS) is 15.1. The predicted octanol–water partition coefficient (Wildman–Crippen LogP) is 0.00750. The minimum atomic E-state index is -1.04. The summed E-state index contributed by atoms with van der Waals surface area (Å²) in [6, 6.07) is 2.40. The summed E-state index contributed by atoms with van der Waals surface area (Å²) < 4.78 is 33.4. The molecule has 22 heavy (non-hydrogen) atoms. The zero-order valence-corrected chi connectivity index (χ0v) is 11.3. The van der Waals surface area contributed by atoms with Crippen molar-refractivity contribution in [1.82, 2.24) is 24.7 Å². The van der Waals surface area contributed by atoms with E-state index in [1.807, 2.05) is 0 Å². The van der Waals surface area contributed by atoms with Crippen molar-refractivity contribution in [2.45, 2.75) is 0 Å². The lowest BCUT2D eigenvalue weighted by Gasteiger charge is -2.25. The molecule has 0 atom stereocenters. The molecule has 2 aromatic rings. The van der Waals surface area contributed by atoms with Crippen LogP contribution < -0.4 is 5.69 Å². The van der Waals surface area contributed by atoms with Gasteiger partial charge in [-0.05, 0) is 22.6 Å². The number of carbonyl (C=O) groups is 1. The van der Waals surface area contributed by atoms with Gasteiger partial charge in [0.2, 0.25) is 0 Å². The fraction of sp³-hybridized carbons (Fsp3) is 0.333. The molecule has 3 rings (SSSR count). The highest BCUT2D eigenvalue weighted by Gasteiger charge is 2.25. The third-order valence-electron chi connectivity index (χ3n) is 3.19. The number of ether oxygens (including phenoxy) is 1. The lowest BCUT2D eigenvalue weighted by molar-refractivity contribution is 0.0525. The summed E-state index contributed by atoms with van der Waals surface area (Å²) in [5, 5.41) is 6.78. The van der Waals surface area contributed by atoms with E-state index in [-0.39, 0.29) is 0 Å². The number of halogens is 2. The molecule has 0 saturated carbocycles. The maximum Gasteiger partial charge on any atom is 0.377 e. The summed E-state index contributed by atoms with van der Waals surface area (Å²) >= 11 is 0. The molecule has 1 aliphatic rings. The molecule has 0 aliphatic carbocycles. The van der Waals surface area contributed by atoms with E-state index >= 15 is 0 Å². The Balaban J connectivity index is 1.99. The van der Waals surface area contributed by atoms with E-state index in [1.54, 1.807) is 0 Å². The quantitative estimate of drug-likeness (QED) is 0.693. The highest BCUT2D eigenvalue weighted by Crippen LogP contribution is 2.14. The van der Waals surface area contributed by atoms with E-state index < -0.39 is 29.0 Å². The van der Waals surface area contributed by atoms with Gasteiger partial charge in [0.05, 0.1) is 13.2 Å². The van der Waals surface area contributed by atoms with Crippen molar-refractivity contribution < 1.29 is 18.3 Å². The van der Waals surface area contributed by atoms with Crippen LogP contribution in [-0.4, -0.2) is 57.0 Å². The first kappa shape index (κ1) is 14.3. The molecule has 1 fully saturated rings. The molecule has 1 aliphatic heterocycles. The number of benzene rings is 1. The van der Waals surface area contributed by atoms with Crippen LogP contribution in [0.5, 0.6) is 0 Å². The highest BCUT2D eigenvalue weighted by atomic mass is 19.1. The van der Waals surface area contributed by atoms with Crippen LogP contribution in [0.4, 0.5) is 13.6 Å². The van der Waals surface area contributed by atoms with Crippen molar-refractivity contribution in [1.29, 1.82) is 0 Å². The fourth-order valence-corrected chi connectivity index (χ4v) is 2.09. The molecule has 2 heterocycles. The number of hydrogen-bond donors (Lipinski definition) is 0. The van der Waals surface area contributed by atoms with Crippen molar-refractivity contribution in [3.8, 4) is 5.69 Å². The fourth-order valence-electron chi connectivity index (χ4n) is 2.09. The summed E-state index contributed by atoms with van der Waals surface area (Å²) in [5.74, 6) is -1.96. The molecule has 8 nitrogen and oxygen atoms in total. The molecule has 1 aromatic carbocycles. The third-order valence-corrected chi connectivity index (χ3v) is 3.19. The number of rotatable bonds is 1. The zero-order valence-electron chi connectivity index (χ0n) is 11.3. The number of hydrogen-bond acceptors (Lipinski definition) is 5. The Labute approximate surface area is 122 Å². The van der Waals surface area contributed by atoms with Gasteiger partial charge in [0.15, 0.2) is 11.6 Å². The van der Waals surface area contributed by atoms with Gasteiger partial charge in [-0.3, -0.25) is 0 Å². The van der Waals surface area contributed by atoms with Gasteiger partial charge < -0.3 is 9.64 Å². The van der Waals surface area contributed by atoms with Crippen LogP contribution >= 0.6 is 0 Å². The monoisotopic (exact) mass is 311 g/mol. The molecular formula is C12H11F2N5O3. The SMILES string of the molecule is O=C(N1CCOCC1)n1nnn(-c2c(F)cccc2F)c1=O. The van der Waals surface area contributed by atoms with E-state index in [4.69, 9.17) is 4.74 Å². The summed E-state index contributed by atoms with van der Waals surface area (Å²) in [4.78, 5) is 25.7. The molecule has 1 aromatic heterocycles. The van der Waals surface area contributed by atoms with E-state index in [9.17, 15) is 18.4 Å². The maximum absolute atomic E-state index is 13.7. The maximum atomic E-state index is 13.7. The Kier molecular flexibility index (Phi) is 3.67. The lowest BCUT2D eigenvalue weighted by atomic mass is 10.3. The number of carbonyl (C=O) groups excluding carboxylic acids is 1. The van der Waals surface area contributed by atoms with Crippen LogP contribution in [0.1, 0.15) is 0 Å². The van der Waals surface area contributed by atoms with Gasteiger partial charge in [0, 0.05) is 13.1 Å². The van der Waals surface area contributed by atoms with Crippen LogP contribution in [0.2, 0.25) is 0 Å². The molecule has 0 unspecified atom stereocenters. The number of morpholine rings is 1. The van der Waals surface area contributed by atoms with Crippen molar-refractivity contribution >= 4 is 6.03 Å². The minimum absolute atomic E-state index is 0.298. The van der Waals surface area contributed by atoms with Gasteiger partial charge in [0.25, 0.3) is 0 Å². The largest absolute Gasteiger partial charge is 0.378 e. The Morgan fingerprint density at radius 1 is 1.14 bits per heavy atom. The van der Waals surface area contributed by atoms with Crippen molar-refractivity contribution in [3.63, 3.8) is 0 Å². The average Bonchev–Trinajstić information content (AvgIpc) is 2.89. The van der Waals surface area contributed by atoms with E-state index in [2.05, 4.69) is 10.4 Å². The Morgan fingerprint density at radius 2 is 1.77 bits per heavy atom. The molecule has 1 saturated heterocycles. The smallest absolute Gasteiger partial charge is 0.377 e. The van der Waals surface area contributed by atoms with Gasteiger partial charge in [-0.25, -0.2) is 18.4 Å². The Bertz CT molecular complexity index is 746. The number of para-hydroxylation sites is 1. The first-order chi connectivity index (χ1) is 10.6. The molecule has 116 valence electrons. The molecule has 10 heteroatoms. The van der Waals surface area contributed by atoms with E-state index in [1.165, 1.54) is 4.90 Å². The Morgan fingerprint density at radius 3 is 2.41 bits per heavy atom. The summed E-state index contributed by atoms with van der Waals surface area (Å²) in [6.07, 6.45) is 0. The molecule has 0 spiro atoms. The topological polar surface area (TPSA) is 82.2 Å². The van der Waals surface area contributed by atoms with Gasteiger partial charge in [-0.15, -0.1) is 4.68 Å². The van der Waals surface area contributed by atoms with Crippen LogP contribution in [0, 0.1) is 11.6 Å². The van der Waals surface area contributed by atoms with Crippen molar-refractivity contribution in [2.24, 2.45) is 0 Å². The summed E-state index contributed by atoms with van der Waals surface area (Å²) in [7, 11) is 0. The van der Waals surface area contributed by atoms with Gasteiger partial charge in [-0.1, -0.05) is 6.07 Å². The molecule has 1 amide bonds. The zero-order chi connectivity index (χ0) is 15.7. The first-order valence-electron chi connectivity index (χ1n) is 6.46. The standard InChI is InChI=1S/C12H11F2N5O3/c13-8-2-1-3-9(14)10(8)18-12(21)19(16-15-18)11(20)17-4-6-22-7-5-17/h1-3H,4-7H2. The van der Waals surface area contributed by atoms with Gasteiger partial charge >= 0.3 is 11.7 Å². The average molecular weight is 311 g/mol. The number of aromatic nitrogens is 4. The van der Waals surface area contributed by atoms with Gasteiger partial charge in [0.1, 0.15) is 5.69 Å². The number of amides is 1. The van der Waals surface area contributed by atoms with E-state index in [0.29, 0.717) is 35.7 Å². The Hall–Kier alpha value is -2.62. The highest BCUT2D eigenvalue weighted by molar-refractivity contribution is 5.75. The lowest BCUT2D eigenvalue weighted by Crippen LogP contribution is -2.46. The van der Waals surface area contributed by atoms with Crippen molar-refractivity contribution in [3.05, 3.63) is 40.3 Å². The minimum Gasteiger partial charge on any atom is -0.378 e. The second-order valence-corrected chi connectivity index (χ2v) is 4.54. The van der Waals surface area contributed by atoms with Crippen LogP contribution in [-0.2, 0) is 4.74 Å².